The Kier molecular flexibility index (Phi) is 11.8. The first-order valence-corrected chi connectivity index (χ1v) is 12.3. The first-order valence-electron chi connectivity index (χ1n) is 12.3. The fourth-order valence-corrected chi connectivity index (χ4v) is 4.30. The number of hydrogen-bond acceptors (Lipinski definition) is 4. The molecule has 1 atom stereocenters. The Morgan fingerprint density at radius 1 is 0.829 bits per heavy atom. The standard InChI is InChI=1S/C27H40N6O2/c28-20-27(17-7-14-21-10-3-1-4-11-21,18-8-15-22-12-5-2-6-13-22)25(35)33-23(24(29)34)16-9-19-32-26(30)31/h1-6,10-13,23H,7-9,14-20,28H2,(H2,29,34)(H,33,35)(H4,30,31,32)/t23-/m0/s1. The van der Waals surface area contributed by atoms with Crippen molar-refractivity contribution in [3.05, 3.63) is 71.8 Å². The van der Waals surface area contributed by atoms with Gasteiger partial charge in [0.15, 0.2) is 5.96 Å². The lowest BCUT2D eigenvalue weighted by atomic mass is 9.76. The van der Waals surface area contributed by atoms with Crippen molar-refractivity contribution in [3.8, 4) is 0 Å². The van der Waals surface area contributed by atoms with Gasteiger partial charge >= 0.3 is 0 Å². The zero-order chi connectivity index (χ0) is 25.5. The van der Waals surface area contributed by atoms with Gasteiger partial charge in [0.2, 0.25) is 11.8 Å². The lowest BCUT2D eigenvalue weighted by molar-refractivity contribution is -0.135. The molecule has 0 bridgehead atoms. The monoisotopic (exact) mass is 480 g/mol. The smallest absolute Gasteiger partial charge is 0.240 e. The van der Waals surface area contributed by atoms with Gasteiger partial charge in [0, 0.05) is 13.1 Å². The van der Waals surface area contributed by atoms with E-state index < -0.39 is 17.4 Å². The molecule has 2 aromatic rings. The molecule has 0 unspecified atom stereocenters. The van der Waals surface area contributed by atoms with Crippen molar-refractivity contribution in [1.82, 2.24) is 5.32 Å². The van der Waals surface area contributed by atoms with Crippen LogP contribution in [0.5, 0.6) is 0 Å². The Bertz CT molecular complexity index is 884. The number of guanidine groups is 1. The first kappa shape index (κ1) is 27.9. The molecule has 0 aromatic heterocycles. The van der Waals surface area contributed by atoms with Crippen LogP contribution in [0.25, 0.3) is 0 Å². The van der Waals surface area contributed by atoms with Gasteiger partial charge in [-0.1, -0.05) is 60.7 Å². The molecular weight excluding hydrogens is 440 g/mol. The third kappa shape index (κ3) is 9.78. The van der Waals surface area contributed by atoms with Crippen LogP contribution in [0, 0.1) is 5.41 Å². The van der Waals surface area contributed by atoms with Gasteiger partial charge < -0.3 is 28.3 Å². The predicted octanol–water partition coefficient (Wildman–Crippen LogP) is 2.00. The highest BCUT2D eigenvalue weighted by atomic mass is 16.2. The maximum Gasteiger partial charge on any atom is 0.240 e. The number of amides is 2. The summed E-state index contributed by atoms with van der Waals surface area (Å²) in [6.45, 7) is 0.556. The van der Waals surface area contributed by atoms with Gasteiger partial charge in [-0.15, -0.1) is 0 Å². The number of carbonyl (C=O) groups excluding carboxylic acids is 2. The molecule has 0 heterocycles. The largest absolute Gasteiger partial charge is 0.370 e. The van der Waals surface area contributed by atoms with E-state index in [2.05, 4.69) is 34.6 Å². The van der Waals surface area contributed by atoms with Crippen LogP contribution in [-0.2, 0) is 22.4 Å². The first-order chi connectivity index (χ1) is 16.9. The predicted molar refractivity (Wildman–Crippen MR) is 141 cm³/mol. The summed E-state index contributed by atoms with van der Waals surface area (Å²) in [5.74, 6) is -0.807. The summed E-state index contributed by atoms with van der Waals surface area (Å²) >= 11 is 0. The van der Waals surface area contributed by atoms with Gasteiger partial charge in [0.25, 0.3) is 0 Å². The number of benzene rings is 2. The third-order valence-electron chi connectivity index (χ3n) is 6.39. The molecule has 0 aliphatic carbocycles. The normalized spacial score (nSPS) is 12.0. The molecule has 8 nitrogen and oxygen atoms in total. The minimum atomic E-state index is -0.800. The van der Waals surface area contributed by atoms with Crippen LogP contribution in [0.3, 0.4) is 0 Å². The minimum absolute atomic E-state index is 0.0105. The highest BCUT2D eigenvalue weighted by Gasteiger charge is 2.37. The maximum absolute atomic E-state index is 13.6. The van der Waals surface area contributed by atoms with E-state index in [0.29, 0.717) is 32.2 Å². The highest BCUT2D eigenvalue weighted by Crippen LogP contribution is 2.31. The maximum atomic E-state index is 13.6. The Balaban J connectivity index is 2.09. The van der Waals surface area contributed by atoms with E-state index in [1.54, 1.807) is 0 Å². The molecular formula is C27H40N6O2. The van der Waals surface area contributed by atoms with Crippen LogP contribution >= 0.6 is 0 Å². The summed E-state index contributed by atoms with van der Waals surface area (Å²) in [5.41, 5.74) is 24.2. The van der Waals surface area contributed by atoms with Gasteiger partial charge in [-0.2, -0.15) is 0 Å². The number of rotatable bonds is 16. The van der Waals surface area contributed by atoms with Crippen molar-refractivity contribution in [2.75, 3.05) is 13.1 Å². The SMILES string of the molecule is NCC(CCCc1ccccc1)(CCCc1ccccc1)C(=O)N[C@@H](CCCN=C(N)N)C(N)=O. The second kappa shape index (κ2) is 14.8. The molecule has 0 spiro atoms. The highest BCUT2D eigenvalue weighted by molar-refractivity contribution is 5.89. The van der Waals surface area contributed by atoms with Crippen LogP contribution in [0.4, 0.5) is 0 Å². The lowest BCUT2D eigenvalue weighted by Gasteiger charge is -2.33. The number of hydrogen-bond donors (Lipinski definition) is 5. The van der Waals surface area contributed by atoms with Gasteiger partial charge in [-0.25, -0.2) is 0 Å². The van der Waals surface area contributed by atoms with Crippen LogP contribution in [-0.4, -0.2) is 36.9 Å². The van der Waals surface area contributed by atoms with Crippen molar-refractivity contribution >= 4 is 17.8 Å². The van der Waals surface area contributed by atoms with Crippen LogP contribution < -0.4 is 28.3 Å². The molecule has 0 aliphatic heterocycles. The summed E-state index contributed by atoms with van der Waals surface area (Å²) in [6, 6.07) is 19.6. The molecule has 0 radical (unpaired) electrons. The summed E-state index contributed by atoms with van der Waals surface area (Å²) < 4.78 is 0. The van der Waals surface area contributed by atoms with E-state index in [-0.39, 0.29) is 18.4 Å². The van der Waals surface area contributed by atoms with Crippen molar-refractivity contribution in [2.24, 2.45) is 33.3 Å². The van der Waals surface area contributed by atoms with Crippen molar-refractivity contribution in [3.63, 3.8) is 0 Å². The van der Waals surface area contributed by atoms with Crippen LogP contribution in [0.2, 0.25) is 0 Å². The molecule has 2 rings (SSSR count). The molecule has 9 N–H and O–H groups in total. The molecule has 190 valence electrons. The second-order valence-electron chi connectivity index (χ2n) is 9.04. The van der Waals surface area contributed by atoms with Crippen molar-refractivity contribution in [2.45, 2.75) is 57.4 Å². The molecule has 0 saturated carbocycles. The number of nitrogens with zero attached hydrogens (tertiary/aromatic N) is 1. The molecule has 2 amide bonds. The number of primary amides is 1. The summed E-state index contributed by atoms with van der Waals surface area (Å²) in [7, 11) is 0. The van der Waals surface area contributed by atoms with Gasteiger partial charge in [0.1, 0.15) is 6.04 Å². The van der Waals surface area contributed by atoms with Gasteiger partial charge in [-0.3, -0.25) is 14.6 Å². The molecule has 8 heteroatoms. The average molecular weight is 481 g/mol. The zero-order valence-corrected chi connectivity index (χ0v) is 20.5. The Hall–Kier alpha value is -3.39. The average Bonchev–Trinajstić information content (AvgIpc) is 2.85. The number of aryl methyl sites for hydroxylation is 2. The minimum Gasteiger partial charge on any atom is -0.370 e. The van der Waals surface area contributed by atoms with Gasteiger partial charge in [-0.05, 0) is 62.5 Å². The summed E-state index contributed by atoms with van der Waals surface area (Å²) in [5, 5.41) is 2.89. The summed E-state index contributed by atoms with van der Waals surface area (Å²) in [4.78, 5) is 29.6. The fourth-order valence-electron chi connectivity index (χ4n) is 4.30. The van der Waals surface area contributed by atoms with E-state index in [4.69, 9.17) is 22.9 Å². The van der Waals surface area contributed by atoms with E-state index >= 15 is 0 Å². The molecule has 0 fully saturated rings. The topological polar surface area (TPSA) is 163 Å². The molecule has 2 aromatic carbocycles. The van der Waals surface area contributed by atoms with E-state index in [9.17, 15) is 9.59 Å². The quantitative estimate of drug-likeness (QED) is 0.141. The number of aliphatic imine (C=N–C) groups is 1. The van der Waals surface area contributed by atoms with Crippen LogP contribution in [0.15, 0.2) is 65.7 Å². The zero-order valence-electron chi connectivity index (χ0n) is 20.5. The van der Waals surface area contributed by atoms with E-state index in [1.807, 2.05) is 36.4 Å². The second-order valence-corrected chi connectivity index (χ2v) is 9.04. The van der Waals surface area contributed by atoms with Gasteiger partial charge in [0.05, 0.1) is 5.41 Å². The molecule has 0 aliphatic rings. The van der Waals surface area contributed by atoms with E-state index in [1.165, 1.54) is 11.1 Å². The van der Waals surface area contributed by atoms with Crippen LogP contribution in [0.1, 0.15) is 49.7 Å². The Morgan fingerprint density at radius 2 is 1.34 bits per heavy atom. The Labute approximate surface area is 208 Å². The van der Waals surface area contributed by atoms with E-state index in [0.717, 1.165) is 25.7 Å². The summed E-state index contributed by atoms with van der Waals surface area (Å²) in [6.07, 6.45) is 5.45. The third-order valence-corrected chi connectivity index (χ3v) is 6.39. The number of nitrogens with one attached hydrogen (secondary N) is 1. The number of nitrogens with two attached hydrogens (primary N) is 4. The fraction of sp³-hybridized carbons (Fsp3) is 0.444. The Morgan fingerprint density at radius 3 is 1.77 bits per heavy atom. The lowest BCUT2D eigenvalue weighted by Crippen LogP contribution is -2.53. The molecule has 0 saturated heterocycles. The number of carbonyl (C=O) groups is 2. The van der Waals surface area contributed by atoms with Crippen molar-refractivity contribution in [1.29, 1.82) is 0 Å². The molecule has 35 heavy (non-hydrogen) atoms. The van der Waals surface area contributed by atoms with Crippen molar-refractivity contribution < 1.29 is 9.59 Å².